The standard InChI is InChI=1S/C21H23N3O3S/c1-14(2)11-19(25)22-15-7-9-16(10-8-15)23-20(26)12-24-17-5-3-4-6-18(17)28-13-21(24)27/h3-10,14H,11-13H2,1-2H3,(H,22,25)(H,23,26). The zero-order valence-corrected chi connectivity index (χ0v) is 16.7. The molecule has 2 N–H and O–H groups in total. The van der Waals surface area contributed by atoms with Crippen LogP contribution in [0.2, 0.25) is 0 Å². The minimum Gasteiger partial charge on any atom is -0.326 e. The summed E-state index contributed by atoms with van der Waals surface area (Å²) in [4.78, 5) is 39.0. The van der Waals surface area contributed by atoms with Gasteiger partial charge in [-0.15, -0.1) is 11.8 Å². The van der Waals surface area contributed by atoms with E-state index in [9.17, 15) is 14.4 Å². The first-order valence-corrected chi connectivity index (χ1v) is 10.1. The van der Waals surface area contributed by atoms with Crippen LogP contribution < -0.4 is 15.5 Å². The third-order valence-corrected chi connectivity index (χ3v) is 5.20. The number of hydrogen-bond acceptors (Lipinski definition) is 4. The number of fused-ring (bicyclic) bond motifs is 1. The van der Waals surface area contributed by atoms with Crippen molar-refractivity contribution >= 4 is 46.5 Å². The molecular weight excluding hydrogens is 374 g/mol. The van der Waals surface area contributed by atoms with Crippen molar-refractivity contribution in [1.82, 2.24) is 0 Å². The van der Waals surface area contributed by atoms with Gasteiger partial charge < -0.3 is 15.5 Å². The second-order valence-corrected chi connectivity index (χ2v) is 8.03. The Labute approximate surface area is 168 Å². The van der Waals surface area contributed by atoms with Gasteiger partial charge in [0.1, 0.15) is 6.54 Å². The number of para-hydroxylation sites is 1. The first-order chi connectivity index (χ1) is 13.4. The fraction of sp³-hybridized carbons (Fsp3) is 0.286. The van der Waals surface area contributed by atoms with E-state index < -0.39 is 0 Å². The molecule has 0 radical (unpaired) electrons. The maximum absolute atomic E-state index is 12.4. The predicted molar refractivity (Wildman–Crippen MR) is 113 cm³/mol. The van der Waals surface area contributed by atoms with E-state index in [1.54, 1.807) is 24.3 Å². The van der Waals surface area contributed by atoms with Crippen LogP contribution in [-0.2, 0) is 14.4 Å². The Morgan fingerprint density at radius 1 is 1.00 bits per heavy atom. The van der Waals surface area contributed by atoms with E-state index >= 15 is 0 Å². The van der Waals surface area contributed by atoms with E-state index in [-0.39, 0.29) is 24.3 Å². The number of carbonyl (C=O) groups is 3. The molecule has 0 aromatic heterocycles. The van der Waals surface area contributed by atoms with E-state index in [0.29, 0.717) is 29.5 Å². The molecule has 0 saturated heterocycles. The summed E-state index contributed by atoms with van der Waals surface area (Å²) in [5, 5.41) is 5.63. The minimum absolute atomic E-state index is 0.0352. The van der Waals surface area contributed by atoms with Gasteiger partial charge in [0.25, 0.3) is 0 Å². The van der Waals surface area contributed by atoms with E-state index in [2.05, 4.69) is 10.6 Å². The van der Waals surface area contributed by atoms with Crippen molar-refractivity contribution in [3.63, 3.8) is 0 Å². The summed E-state index contributed by atoms with van der Waals surface area (Å²) < 4.78 is 0. The molecule has 28 heavy (non-hydrogen) atoms. The second-order valence-electron chi connectivity index (χ2n) is 7.01. The average molecular weight is 398 g/mol. The number of rotatable bonds is 6. The lowest BCUT2D eigenvalue weighted by molar-refractivity contribution is -0.120. The summed E-state index contributed by atoms with van der Waals surface area (Å²) in [5.74, 6) is 0.231. The zero-order valence-electron chi connectivity index (χ0n) is 15.9. The van der Waals surface area contributed by atoms with E-state index in [1.807, 2.05) is 38.1 Å². The Kier molecular flexibility index (Phi) is 6.36. The lowest BCUT2D eigenvalue weighted by Gasteiger charge is -2.28. The SMILES string of the molecule is CC(C)CC(=O)Nc1ccc(NC(=O)CN2C(=O)CSc3ccccc32)cc1. The lowest BCUT2D eigenvalue weighted by Crippen LogP contribution is -2.41. The number of nitrogens with zero attached hydrogens (tertiary/aromatic N) is 1. The fourth-order valence-corrected chi connectivity index (χ4v) is 3.83. The van der Waals surface area contributed by atoms with Gasteiger partial charge in [-0.3, -0.25) is 14.4 Å². The predicted octanol–water partition coefficient (Wildman–Crippen LogP) is 3.75. The molecule has 0 atom stereocenters. The van der Waals surface area contributed by atoms with Crippen LogP contribution in [0.1, 0.15) is 20.3 Å². The van der Waals surface area contributed by atoms with Crippen molar-refractivity contribution < 1.29 is 14.4 Å². The molecule has 0 fully saturated rings. The van der Waals surface area contributed by atoms with Crippen LogP contribution in [0.3, 0.4) is 0 Å². The second kappa shape index (κ2) is 8.93. The largest absolute Gasteiger partial charge is 0.326 e. The zero-order chi connectivity index (χ0) is 20.1. The van der Waals surface area contributed by atoms with E-state index in [4.69, 9.17) is 0 Å². The van der Waals surface area contributed by atoms with Crippen LogP contribution in [-0.4, -0.2) is 30.0 Å². The van der Waals surface area contributed by atoms with Gasteiger partial charge >= 0.3 is 0 Å². The maximum atomic E-state index is 12.4. The number of hydrogen-bond donors (Lipinski definition) is 2. The highest BCUT2D eigenvalue weighted by atomic mass is 32.2. The van der Waals surface area contributed by atoms with Crippen LogP contribution in [0.25, 0.3) is 0 Å². The lowest BCUT2D eigenvalue weighted by atomic mass is 10.1. The Bertz CT molecular complexity index is 881. The molecule has 0 bridgehead atoms. The molecule has 2 aromatic carbocycles. The third-order valence-electron chi connectivity index (χ3n) is 4.16. The van der Waals surface area contributed by atoms with Crippen molar-refractivity contribution in [2.45, 2.75) is 25.2 Å². The molecule has 1 heterocycles. The van der Waals surface area contributed by atoms with Gasteiger partial charge in [-0.25, -0.2) is 0 Å². The molecule has 0 saturated carbocycles. The molecule has 3 amide bonds. The molecule has 6 nitrogen and oxygen atoms in total. The first-order valence-electron chi connectivity index (χ1n) is 9.14. The van der Waals surface area contributed by atoms with Crippen molar-refractivity contribution in [1.29, 1.82) is 0 Å². The van der Waals surface area contributed by atoms with Gasteiger partial charge in [0.2, 0.25) is 17.7 Å². The molecule has 146 valence electrons. The van der Waals surface area contributed by atoms with Gasteiger partial charge in [0.05, 0.1) is 11.4 Å². The summed E-state index contributed by atoms with van der Waals surface area (Å²) in [6.07, 6.45) is 0.460. The average Bonchev–Trinajstić information content (AvgIpc) is 2.65. The third kappa shape index (κ3) is 5.13. The van der Waals surface area contributed by atoms with Crippen molar-refractivity contribution in [3.05, 3.63) is 48.5 Å². The molecule has 2 aromatic rings. The number of nitrogens with one attached hydrogen (secondary N) is 2. The molecule has 7 heteroatoms. The first kappa shape index (κ1) is 19.9. The fourth-order valence-electron chi connectivity index (χ4n) is 2.89. The quantitative estimate of drug-likeness (QED) is 0.778. The number of carbonyl (C=O) groups excluding carboxylic acids is 3. The van der Waals surface area contributed by atoms with Gasteiger partial charge in [-0.2, -0.15) is 0 Å². The molecule has 0 aliphatic carbocycles. The van der Waals surface area contributed by atoms with Crippen LogP contribution in [0.4, 0.5) is 17.1 Å². The summed E-state index contributed by atoms with van der Waals surface area (Å²) in [6.45, 7) is 3.94. The monoisotopic (exact) mass is 397 g/mol. The Hall–Kier alpha value is -2.80. The van der Waals surface area contributed by atoms with Crippen molar-refractivity contribution in [3.8, 4) is 0 Å². The summed E-state index contributed by atoms with van der Waals surface area (Å²) in [7, 11) is 0. The van der Waals surface area contributed by atoms with E-state index in [0.717, 1.165) is 10.6 Å². The van der Waals surface area contributed by atoms with Crippen molar-refractivity contribution in [2.24, 2.45) is 5.92 Å². The maximum Gasteiger partial charge on any atom is 0.244 e. The molecule has 1 aliphatic heterocycles. The van der Waals surface area contributed by atoms with Gasteiger partial charge in [0, 0.05) is 22.7 Å². The smallest absolute Gasteiger partial charge is 0.244 e. The molecular formula is C21H23N3O3S. The normalized spacial score (nSPS) is 13.2. The van der Waals surface area contributed by atoms with Crippen LogP contribution in [0, 0.1) is 5.92 Å². The van der Waals surface area contributed by atoms with Crippen LogP contribution >= 0.6 is 11.8 Å². The number of anilines is 3. The number of benzene rings is 2. The molecule has 0 spiro atoms. The van der Waals surface area contributed by atoms with E-state index in [1.165, 1.54) is 16.7 Å². The van der Waals surface area contributed by atoms with Crippen LogP contribution in [0.5, 0.6) is 0 Å². The van der Waals surface area contributed by atoms with Crippen LogP contribution in [0.15, 0.2) is 53.4 Å². The molecule has 0 unspecified atom stereocenters. The number of thioether (sulfide) groups is 1. The Morgan fingerprint density at radius 3 is 2.25 bits per heavy atom. The molecule has 1 aliphatic rings. The number of amides is 3. The molecule has 3 rings (SSSR count). The summed E-state index contributed by atoms with van der Waals surface area (Å²) in [5.41, 5.74) is 2.06. The highest BCUT2D eigenvalue weighted by Crippen LogP contribution is 2.34. The van der Waals surface area contributed by atoms with Gasteiger partial charge in [0.15, 0.2) is 0 Å². The topological polar surface area (TPSA) is 78.5 Å². The summed E-state index contributed by atoms with van der Waals surface area (Å²) >= 11 is 1.48. The van der Waals surface area contributed by atoms with Gasteiger partial charge in [-0.1, -0.05) is 26.0 Å². The highest BCUT2D eigenvalue weighted by molar-refractivity contribution is 8.00. The van der Waals surface area contributed by atoms with Crippen molar-refractivity contribution in [2.75, 3.05) is 27.8 Å². The summed E-state index contributed by atoms with van der Waals surface area (Å²) in [6, 6.07) is 14.5. The highest BCUT2D eigenvalue weighted by Gasteiger charge is 2.26. The Balaban J connectivity index is 1.59. The minimum atomic E-state index is -0.272. The Morgan fingerprint density at radius 2 is 1.61 bits per heavy atom. The van der Waals surface area contributed by atoms with Gasteiger partial charge in [-0.05, 0) is 42.3 Å².